The van der Waals surface area contributed by atoms with Crippen molar-refractivity contribution in [2.75, 3.05) is 16.8 Å². The van der Waals surface area contributed by atoms with E-state index in [0.717, 1.165) is 22.6 Å². The van der Waals surface area contributed by atoms with Crippen LogP contribution in [0.5, 0.6) is 5.75 Å². The van der Waals surface area contributed by atoms with E-state index in [1.165, 1.54) is 0 Å². The van der Waals surface area contributed by atoms with E-state index in [0.29, 0.717) is 17.7 Å². The molecule has 2 heterocycles. The Morgan fingerprint density at radius 3 is 2.62 bits per heavy atom. The molecule has 1 saturated heterocycles. The fraction of sp³-hybridized carbons (Fsp3) is 0.238. The fourth-order valence-corrected chi connectivity index (χ4v) is 3.46. The Labute approximate surface area is 152 Å². The lowest BCUT2D eigenvalue weighted by molar-refractivity contribution is -0.113. The van der Waals surface area contributed by atoms with Crippen molar-refractivity contribution in [2.45, 2.75) is 26.4 Å². The first-order valence-electron chi connectivity index (χ1n) is 8.78. The summed E-state index contributed by atoms with van der Waals surface area (Å²) in [7, 11) is 0. The molecule has 0 aliphatic carbocycles. The fourth-order valence-electron chi connectivity index (χ4n) is 3.46. The number of nitrogens with zero attached hydrogens (tertiary/aromatic N) is 1. The standard InChI is InChI=1S/C21H21N3O2/c1-13(2)26-19-10-6-5-9-17(19)24-12-18(25)20(21(24)22)16-11-14-7-3-4-8-15(14)23-16/h3-10,13,22-23H,11-12H2,1-2H3. The highest BCUT2D eigenvalue weighted by Gasteiger charge is 2.36. The molecule has 2 aliphatic rings. The Morgan fingerprint density at radius 2 is 1.85 bits per heavy atom. The third-order valence-electron chi connectivity index (χ3n) is 4.58. The minimum absolute atomic E-state index is 0.0208. The van der Waals surface area contributed by atoms with E-state index in [-0.39, 0.29) is 24.3 Å². The van der Waals surface area contributed by atoms with Gasteiger partial charge in [0.05, 0.1) is 23.9 Å². The van der Waals surface area contributed by atoms with Crippen LogP contribution >= 0.6 is 0 Å². The molecule has 0 aromatic heterocycles. The van der Waals surface area contributed by atoms with Gasteiger partial charge in [-0.1, -0.05) is 30.3 Å². The first-order chi connectivity index (χ1) is 12.5. The van der Waals surface area contributed by atoms with Gasteiger partial charge in [0.1, 0.15) is 11.6 Å². The second-order valence-corrected chi connectivity index (χ2v) is 6.80. The van der Waals surface area contributed by atoms with Gasteiger partial charge in [-0.2, -0.15) is 0 Å². The van der Waals surface area contributed by atoms with Crippen LogP contribution in [0.15, 0.2) is 59.8 Å². The SMILES string of the molecule is CC(C)Oc1ccccc1N1CC(=O)C(=C2Cc3ccccc3N2)C1=N. The molecule has 0 radical (unpaired) electrons. The molecule has 0 spiro atoms. The number of amidine groups is 1. The van der Waals surface area contributed by atoms with Crippen LogP contribution in [0.3, 0.4) is 0 Å². The summed E-state index contributed by atoms with van der Waals surface area (Å²) in [6, 6.07) is 15.6. The Hall–Kier alpha value is -3.08. The Kier molecular flexibility index (Phi) is 3.99. The zero-order valence-electron chi connectivity index (χ0n) is 14.9. The highest BCUT2D eigenvalue weighted by atomic mass is 16.5. The van der Waals surface area contributed by atoms with Gasteiger partial charge in [-0.05, 0) is 37.6 Å². The molecule has 5 nitrogen and oxygen atoms in total. The Morgan fingerprint density at radius 1 is 1.12 bits per heavy atom. The number of rotatable bonds is 3. The van der Waals surface area contributed by atoms with Crippen LogP contribution in [0.25, 0.3) is 0 Å². The van der Waals surface area contributed by atoms with Crippen molar-refractivity contribution in [1.29, 1.82) is 5.41 Å². The smallest absolute Gasteiger partial charge is 0.188 e. The number of fused-ring (bicyclic) bond motifs is 1. The molecule has 2 N–H and O–H groups in total. The van der Waals surface area contributed by atoms with Crippen molar-refractivity contribution in [3.05, 3.63) is 65.4 Å². The Bertz CT molecular complexity index is 903. The van der Waals surface area contributed by atoms with Crippen LogP contribution in [-0.2, 0) is 11.2 Å². The van der Waals surface area contributed by atoms with E-state index < -0.39 is 0 Å². The highest BCUT2D eigenvalue weighted by molar-refractivity contribution is 6.33. The summed E-state index contributed by atoms with van der Waals surface area (Å²) in [4.78, 5) is 14.4. The van der Waals surface area contributed by atoms with Crippen LogP contribution in [0, 0.1) is 5.41 Å². The Balaban J connectivity index is 1.69. The molecule has 132 valence electrons. The molecule has 26 heavy (non-hydrogen) atoms. The van der Waals surface area contributed by atoms with Crippen molar-refractivity contribution in [3.8, 4) is 5.75 Å². The third-order valence-corrected chi connectivity index (χ3v) is 4.58. The van der Waals surface area contributed by atoms with Gasteiger partial charge in [0.2, 0.25) is 0 Å². The summed E-state index contributed by atoms with van der Waals surface area (Å²) >= 11 is 0. The molecule has 2 aromatic rings. The molecule has 0 amide bonds. The molecule has 4 rings (SSSR count). The predicted octanol–water partition coefficient (Wildman–Crippen LogP) is 3.76. The second-order valence-electron chi connectivity index (χ2n) is 6.80. The summed E-state index contributed by atoms with van der Waals surface area (Å²) in [5.41, 5.74) is 4.20. The molecular formula is C21H21N3O2. The molecule has 0 atom stereocenters. The summed E-state index contributed by atoms with van der Waals surface area (Å²) in [6.45, 7) is 4.09. The number of benzene rings is 2. The van der Waals surface area contributed by atoms with Gasteiger partial charge in [0.15, 0.2) is 5.78 Å². The first-order valence-corrected chi connectivity index (χ1v) is 8.78. The largest absolute Gasteiger partial charge is 0.489 e. The number of para-hydroxylation sites is 3. The van der Waals surface area contributed by atoms with E-state index in [4.69, 9.17) is 10.1 Å². The molecular weight excluding hydrogens is 326 g/mol. The van der Waals surface area contributed by atoms with Crippen molar-refractivity contribution in [3.63, 3.8) is 0 Å². The van der Waals surface area contributed by atoms with E-state index >= 15 is 0 Å². The van der Waals surface area contributed by atoms with Crippen molar-refractivity contribution in [1.82, 2.24) is 0 Å². The number of ether oxygens (including phenoxy) is 1. The van der Waals surface area contributed by atoms with Gasteiger partial charge >= 0.3 is 0 Å². The number of nitrogens with one attached hydrogen (secondary N) is 2. The third kappa shape index (κ3) is 2.75. The number of anilines is 2. The number of hydrogen-bond acceptors (Lipinski definition) is 4. The molecule has 2 aromatic carbocycles. The average molecular weight is 347 g/mol. The highest BCUT2D eigenvalue weighted by Crippen LogP contribution is 2.36. The zero-order valence-corrected chi connectivity index (χ0v) is 14.9. The molecule has 0 saturated carbocycles. The van der Waals surface area contributed by atoms with Gasteiger partial charge in [-0.25, -0.2) is 0 Å². The van der Waals surface area contributed by atoms with Crippen LogP contribution in [0.4, 0.5) is 11.4 Å². The number of ketones is 1. The van der Waals surface area contributed by atoms with Crippen molar-refractivity contribution < 1.29 is 9.53 Å². The average Bonchev–Trinajstić information content (AvgIpc) is 3.15. The number of hydrogen-bond donors (Lipinski definition) is 2. The van der Waals surface area contributed by atoms with Crippen LogP contribution in [0.1, 0.15) is 19.4 Å². The normalized spacial score (nSPS) is 19.1. The topological polar surface area (TPSA) is 65.4 Å². The van der Waals surface area contributed by atoms with E-state index in [2.05, 4.69) is 5.32 Å². The molecule has 0 bridgehead atoms. The van der Waals surface area contributed by atoms with Crippen molar-refractivity contribution in [2.24, 2.45) is 0 Å². The maximum Gasteiger partial charge on any atom is 0.188 e. The van der Waals surface area contributed by atoms with Gasteiger partial charge in [0, 0.05) is 17.8 Å². The monoisotopic (exact) mass is 347 g/mol. The first kappa shape index (κ1) is 16.4. The van der Waals surface area contributed by atoms with Crippen molar-refractivity contribution >= 4 is 23.0 Å². The summed E-state index contributed by atoms with van der Waals surface area (Å²) in [5.74, 6) is 0.878. The maximum atomic E-state index is 12.7. The quantitative estimate of drug-likeness (QED) is 0.830. The second kappa shape index (κ2) is 6.33. The minimum Gasteiger partial charge on any atom is -0.489 e. The molecule has 2 aliphatic heterocycles. The lowest BCUT2D eigenvalue weighted by atomic mass is 10.1. The lowest BCUT2D eigenvalue weighted by Gasteiger charge is -2.22. The number of allylic oxidation sites excluding steroid dienone is 1. The zero-order chi connectivity index (χ0) is 18.3. The number of carbonyl (C=O) groups is 1. The molecule has 5 heteroatoms. The minimum atomic E-state index is -0.0374. The number of Topliss-reactive ketones (excluding diaryl/α,β-unsaturated/α-hetero) is 1. The van der Waals surface area contributed by atoms with E-state index in [1.54, 1.807) is 4.90 Å². The maximum absolute atomic E-state index is 12.7. The van der Waals surface area contributed by atoms with Gasteiger partial charge in [-0.15, -0.1) is 0 Å². The van der Waals surface area contributed by atoms with Gasteiger partial charge in [0.25, 0.3) is 0 Å². The van der Waals surface area contributed by atoms with E-state index in [1.807, 2.05) is 62.4 Å². The number of carbonyl (C=O) groups excluding carboxylic acids is 1. The van der Waals surface area contributed by atoms with Gasteiger partial charge < -0.3 is 15.0 Å². The summed E-state index contributed by atoms with van der Waals surface area (Å²) in [5, 5.41) is 11.9. The van der Waals surface area contributed by atoms with Crippen LogP contribution in [-0.4, -0.2) is 24.3 Å². The summed E-state index contributed by atoms with van der Waals surface area (Å²) < 4.78 is 5.87. The van der Waals surface area contributed by atoms with Crippen LogP contribution in [0.2, 0.25) is 0 Å². The predicted molar refractivity (Wildman–Crippen MR) is 103 cm³/mol. The lowest BCUT2D eigenvalue weighted by Crippen LogP contribution is -2.26. The molecule has 1 fully saturated rings. The van der Waals surface area contributed by atoms with Gasteiger partial charge in [-0.3, -0.25) is 10.2 Å². The molecule has 0 unspecified atom stereocenters. The van der Waals surface area contributed by atoms with E-state index in [9.17, 15) is 4.79 Å². The van der Waals surface area contributed by atoms with Crippen LogP contribution < -0.4 is 15.0 Å². The summed E-state index contributed by atoms with van der Waals surface area (Å²) in [6.07, 6.45) is 0.671.